The number of ether oxygens (including phenoxy) is 1. The van der Waals surface area contributed by atoms with Crippen LogP contribution in [0, 0.1) is 0 Å². The Morgan fingerprint density at radius 3 is 2.62 bits per heavy atom. The normalized spacial score (nSPS) is 9.69. The van der Waals surface area contributed by atoms with Crippen LogP contribution in [0.2, 0.25) is 0 Å². The first-order valence-corrected chi connectivity index (χ1v) is 4.15. The van der Waals surface area contributed by atoms with Gasteiger partial charge in [0.15, 0.2) is 5.78 Å². The lowest BCUT2D eigenvalue weighted by molar-refractivity contribution is -0.121. The van der Waals surface area contributed by atoms with E-state index in [4.69, 9.17) is 4.74 Å². The van der Waals surface area contributed by atoms with Gasteiger partial charge in [0.25, 0.3) is 0 Å². The van der Waals surface area contributed by atoms with Crippen LogP contribution in [0.3, 0.4) is 0 Å². The minimum absolute atomic E-state index is 0.0125. The van der Waals surface area contributed by atoms with Gasteiger partial charge in [0, 0.05) is 6.54 Å². The average Bonchev–Trinajstić information content (AvgIpc) is 2.03. The quantitative estimate of drug-likeness (QED) is 0.499. The molecule has 5 heteroatoms. The first-order valence-electron chi connectivity index (χ1n) is 4.15. The number of hydrogen-bond acceptors (Lipinski definition) is 4. The van der Waals surface area contributed by atoms with E-state index in [1.54, 1.807) is 7.05 Å². The lowest BCUT2D eigenvalue weighted by Crippen LogP contribution is -2.34. The van der Waals surface area contributed by atoms with Gasteiger partial charge in [-0.05, 0) is 14.0 Å². The van der Waals surface area contributed by atoms with Gasteiger partial charge in [-0.25, -0.2) is 0 Å². The molecule has 0 aromatic heterocycles. The Kier molecular flexibility index (Phi) is 7.14. The van der Waals surface area contributed by atoms with Crippen molar-refractivity contribution in [3.63, 3.8) is 0 Å². The Morgan fingerprint density at radius 1 is 1.38 bits per heavy atom. The van der Waals surface area contributed by atoms with E-state index in [1.165, 1.54) is 6.92 Å². The Bertz CT molecular complexity index is 171. The molecular weight excluding hydrogens is 172 g/mol. The molecule has 0 bridgehead atoms. The number of Topliss-reactive ketones (excluding diaryl/α,β-unsaturated/α-hetero) is 1. The number of ketones is 1. The molecule has 0 heterocycles. The highest BCUT2D eigenvalue weighted by molar-refractivity contribution is 5.78. The highest BCUT2D eigenvalue weighted by Crippen LogP contribution is 1.75. The molecule has 0 spiro atoms. The lowest BCUT2D eigenvalue weighted by atomic mass is 10.5. The summed E-state index contributed by atoms with van der Waals surface area (Å²) in [4.78, 5) is 21.3. The van der Waals surface area contributed by atoms with Crippen LogP contribution in [0.5, 0.6) is 0 Å². The number of likely N-dealkylation sites (N-methyl/N-ethyl adjacent to an activating group) is 1. The molecule has 0 rings (SSSR count). The van der Waals surface area contributed by atoms with E-state index >= 15 is 0 Å². The summed E-state index contributed by atoms with van der Waals surface area (Å²) in [5.41, 5.74) is 0. The minimum atomic E-state index is -0.0751. The Morgan fingerprint density at radius 2 is 2.08 bits per heavy atom. The third kappa shape index (κ3) is 8.97. The van der Waals surface area contributed by atoms with Crippen molar-refractivity contribution in [3.05, 3.63) is 0 Å². The summed E-state index contributed by atoms with van der Waals surface area (Å²) in [5, 5.41) is 5.34. The van der Waals surface area contributed by atoms with Crippen molar-refractivity contribution < 1.29 is 14.3 Å². The van der Waals surface area contributed by atoms with Gasteiger partial charge in [-0.15, -0.1) is 0 Å². The van der Waals surface area contributed by atoms with Crippen LogP contribution in [0.4, 0.5) is 0 Å². The third-order valence-corrected chi connectivity index (χ3v) is 1.21. The number of amides is 1. The van der Waals surface area contributed by atoms with Crippen molar-refractivity contribution in [2.75, 3.05) is 33.4 Å². The van der Waals surface area contributed by atoms with Crippen molar-refractivity contribution in [1.82, 2.24) is 10.6 Å². The lowest BCUT2D eigenvalue weighted by Gasteiger charge is -2.04. The van der Waals surface area contributed by atoms with Gasteiger partial charge in [-0.3, -0.25) is 9.59 Å². The van der Waals surface area contributed by atoms with Gasteiger partial charge in [-0.1, -0.05) is 0 Å². The van der Waals surface area contributed by atoms with Crippen molar-refractivity contribution in [1.29, 1.82) is 0 Å². The molecule has 0 unspecified atom stereocenters. The van der Waals surface area contributed by atoms with Gasteiger partial charge in [0.1, 0.15) is 6.61 Å². The van der Waals surface area contributed by atoms with Crippen molar-refractivity contribution in [2.24, 2.45) is 0 Å². The number of rotatable bonds is 7. The fourth-order valence-electron chi connectivity index (χ4n) is 0.702. The smallest absolute Gasteiger partial charge is 0.234 e. The van der Waals surface area contributed by atoms with Crippen LogP contribution in [-0.2, 0) is 14.3 Å². The minimum Gasteiger partial charge on any atom is -0.372 e. The van der Waals surface area contributed by atoms with Crippen molar-refractivity contribution in [3.8, 4) is 0 Å². The van der Waals surface area contributed by atoms with E-state index in [1.807, 2.05) is 0 Å². The highest BCUT2D eigenvalue weighted by Gasteiger charge is 1.97. The predicted molar refractivity (Wildman–Crippen MR) is 48.4 cm³/mol. The van der Waals surface area contributed by atoms with E-state index in [0.717, 1.165) is 0 Å². The molecule has 1 amide bonds. The first kappa shape index (κ1) is 12.1. The molecule has 5 nitrogen and oxygen atoms in total. The number of hydrogen-bond donors (Lipinski definition) is 2. The van der Waals surface area contributed by atoms with E-state index in [-0.39, 0.29) is 18.3 Å². The summed E-state index contributed by atoms with van der Waals surface area (Å²) in [6.07, 6.45) is 0. The second-order valence-corrected chi connectivity index (χ2v) is 2.63. The maximum Gasteiger partial charge on any atom is 0.234 e. The topological polar surface area (TPSA) is 67.4 Å². The molecule has 2 N–H and O–H groups in total. The summed E-state index contributed by atoms with van der Waals surface area (Å²) < 4.78 is 4.94. The van der Waals surface area contributed by atoms with Gasteiger partial charge in [0.05, 0.1) is 13.2 Å². The van der Waals surface area contributed by atoms with Crippen LogP contribution in [-0.4, -0.2) is 45.0 Å². The maximum atomic E-state index is 10.8. The molecule has 0 aromatic carbocycles. The molecule has 0 radical (unpaired) electrons. The standard InChI is InChI=1S/C8H16N2O3/c1-7(11)6-13-4-3-10-8(12)5-9-2/h9H,3-6H2,1-2H3,(H,10,12). The fourth-order valence-corrected chi connectivity index (χ4v) is 0.702. The first-order chi connectivity index (χ1) is 6.16. The summed E-state index contributed by atoms with van der Waals surface area (Å²) in [6, 6.07) is 0. The third-order valence-electron chi connectivity index (χ3n) is 1.21. The largest absolute Gasteiger partial charge is 0.372 e. The average molecular weight is 188 g/mol. The number of carbonyl (C=O) groups excluding carboxylic acids is 2. The summed E-state index contributed by atoms with van der Waals surface area (Å²) in [7, 11) is 1.70. The van der Waals surface area contributed by atoms with Gasteiger partial charge in [-0.2, -0.15) is 0 Å². The zero-order valence-electron chi connectivity index (χ0n) is 8.05. The molecule has 0 saturated carbocycles. The highest BCUT2D eigenvalue weighted by atomic mass is 16.5. The Hall–Kier alpha value is -0.940. The van der Waals surface area contributed by atoms with E-state index in [0.29, 0.717) is 19.7 Å². The van der Waals surface area contributed by atoms with Gasteiger partial charge in [0.2, 0.25) is 5.91 Å². The van der Waals surface area contributed by atoms with Crippen LogP contribution in [0.1, 0.15) is 6.92 Å². The van der Waals surface area contributed by atoms with Crippen molar-refractivity contribution in [2.45, 2.75) is 6.92 Å². The Labute approximate surface area is 77.8 Å². The molecule has 0 aliphatic heterocycles. The van der Waals surface area contributed by atoms with Crippen LogP contribution >= 0.6 is 0 Å². The fraction of sp³-hybridized carbons (Fsp3) is 0.750. The van der Waals surface area contributed by atoms with Crippen LogP contribution in [0.15, 0.2) is 0 Å². The van der Waals surface area contributed by atoms with Gasteiger partial charge >= 0.3 is 0 Å². The molecule has 0 saturated heterocycles. The molecule has 0 aliphatic rings. The van der Waals surface area contributed by atoms with Crippen LogP contribution < -0.4 is 10.6 Å². The molecular formula is C8H16N2O3. The van der Waals surface area contributed by atoms with Crippen molar-refractivity contribution >= 4 is 11.7 Å². The van der Waals surface area contributed by atoms with E-state index in [2.05, 4.69) is 10.6 Å². The second-order valence-electron chi connectivity index (χ2n) is 2.63. The van der Waals surface area contributed by atoms with E-state index < -0.39 is 0 Å². The van der Waals surface area contributed by atoms with Crippen LogP contribution in [0.25, 0.3) is 0 Å². The Balaban J connectivity index is 3.16. The summed E-state index contributed by atoms with van der Waals surface area (Å²) in [5.74, 6) is -0.0875. The SMILES string of the molecule is CNCC(=O)NCCOCC(C)=O. The summed E-state index contributed by atoms with van der Waals surface area (Å²) in [6.45, 7) is 2.68. The maximum absolute atomic E-state index is 10.8. The number of carbonyl (C=O) groups is 2. The predicted octanol–water partition coefficient (Wildman–Crippen LogP) is -1.07. The zero-order valence-corrected chi connectivity index (χ0v) is 8.05. The number of nitrogens with one attached hydrogen (secondary N) is 2. The molecule has 0 aliphatic carbocycles. The molecule has 13 heavy (non-hydrogen) atoms. The van der Waals surface area contributed by atoms with Gasteiger partial charge < -0.3 is 15.4 Å². The molecule has 76 valence electrons. The van der Waals surface area contributed by atoms with E-state index in [9.17, 15) is 9.59 Å². The zero-order chi connectivity index (χ0) is 10.1. The molecule has 0 aromatic rings. The summed E-state index contributed by atoms with van der Waals surface area (Å²) >= 11 is 0. The molecule has 0 fully saturated rings. The second kappa shape index (κ2) is 7.70. The monoisotopic (exact) mass is 188 g/mol. The molecule has 0 atom stereocenters.